The number of imide groups is 1. The first-order valence-electron chi connectivity index (χ1n) is 8.47. The van der Waals surface area contributed by atoms with E-state index in [1.54, 1.807) is 16.7 Å². The standard InChI is InChI=1S/C19H16F3N3O5/c1-29-13-9-8-11(10-14(13)30-2)15(26)23-18(19(20,21)22)16(27)25(17(28)24-18)12-6-4-3-5-7-12/h3-10H,1-2H3,(H,23,26)(H,24,28)/t18-/m0/s1. The fourth-order valence-electron chi connectivity index (χ4n) is 2.91. The van der Waals surface area contributed by atoms with Crippen molar-refractivity contribution in [1.29, 1.82) is 0 Å². The molecule has 1 fully saturated rings. The minimum atomic E-state index is -5.32. The van der Waals surface area contributed by atoms with Gasteiger partial charge in [0.2, 0.25) is 0 Å². The van der Waals surface area contributed by atoms with Crippen molar-refractivity contribution in [2.75, 3.05) is 19.1 Å². The van der Waals surface area contributed by atoms with E-state index in [9.17, 15) is 27.6 Å². The Morgan fingerprint density at radius 2 is 1.67 bits per heavy atom. The highest BCUT2D eigenvalue weighted by Crippen LogP contribution is 2.36. The van der Waals surface area contributed by atoms with E-state index in [2.05, 4.69) is 0 Å². The Labute approximate surface area is 168 Å². The van der Waals surface area contributed by atoms with Gasteiger partial charge < -0.3 is 14.8 Å². The lowest BCUT2D eigenvalue weighted by Crippen LogP contribution is -2.69. The molecule has 158 valence electrons. The second-order valence-electron chi connectivity index (χ2n) is 6.18. The van der Waals surface area contributed by atoms with Gasteiger partial charge in [0.1, 0.15) is 0 Å². The zero-order chi connectivity index (χ0) is 22.1. The number of carbonyl (C=O) groups is 3. The summed E-state index contributed by atoms with van der Waals surface area (Å²) in [5, 5.41) is 3.22. The van der Waals surface area contributed by atoms with E-state index in [1.165, 1.54) is 50.6 Å². The number of para-hydroxylation sites is 1. The minimum Gasteiger partial charge on any atom is -0.493 e. The summed E-state index contributed by atoms with van der Waals surface area (Å²) in [6, 6.07) is 9.39. The van der Waals surface area contributed by atoms with Crippen LogP contribution in [0.1, 0.15) is 10.4 Å². The number of anilines is 1. The number of hydrogen-bond donors (Lipinski definition) is 2. The Morgan fingerprint density at radius 3 is 2.23 bits per heavy atom. The predicted octanol–water partition coefficient (Wildman–Crippen LogP) is 2.45. The highest BCUT2D eigenvalue weighted by atomic mass is 19.4. The Morgan fingerprint density at radius 1 is 1.03 bits per heavy atom. The summed E-state index contributed by atoms with van der Waals surface area (Å²) in [6.45, 7) is 0. The van der Waals surface area contributed by atoms with Crippen LogP contribution in [0.4, 0.5) is 23.7 Å². The van der Waals surface area contributed by atoms with Crippen LogP contribution < -0.4 is 25.0 Å². The van der Waals surface area contributed by atoms with Gasteiger partial charge in [0, 0.05) is 5.56 Å². The predicted molar refractivity (Wildman–Crippen MR) is 98.3 cm³/mol. The normalized spacial score (nSPS) is 18.8. The van der Waals surface area contributed by atoms with Crippen molar-refractivity contribution in [3.63, 3.8) is 0 Å². The molecule has 1 heterocycles. The number of benzene rings is 2. The molecule has 30 heavy (non-hydrogen) atoms. The van der Waals surface area contributed by atoms with Crippen LogP contribution in [0.2, 0.25) is 0 Å². The van der Waals surface area contributed by atoms with Crippen LogP contribution in [0.25, 0.3) is 0 Å². The summed E-state index contributed by atoms with van der Waals surface area (Å²) in [5.74, 6) is -2.59. The zero-order valence-corrected chi connectivity index (χ0v) is 15.7. The maximum Gasteiger partial charge on any atom is 0.440 e. The molecule has 0 aliphatic carbocycles. The van der Waals surface area contributed by atoms with E-state index in [-0.39, 0.29) is 22.7 Å². The number of methoxy groups -OCH3 is 2. The number of ether oxygens (including phenoxy) is 2. The molecule has 0 aromatic heterocycles. The molecule has 0 saturated carbocycles. The number of alkyl halides is 3. The molecule has 0 spiro atoms. The first kappa shape index (κ1) is 21.0. The molecule has 1 aliphatic rings. The lowest BCUT2D eigenvalue weighted by molar-refractivity contribution is -0.197. The molecule has 1 saturated heterocycles. The van der Waals surface area contributed by atoms with Gasteiger partial charge in [0.05, 0.1) is 19.9 Å². The van der Waals surface area contributed by atoms with Gasteiger partial charge in [-0.25, -0.2) is 9.69 Å². The third kappa shape index (κ3) is 3.38. The van der Waals surface area contributed by atoms with Gasteiger partial charge in [-0.15, -0.1) is 0 Å². The van der Waals surface area contributed by atoms with Crippen molar-refractivity contribution in [2.45, 2.75) is 11.8 Å². The monoisotopic (exact) mass is 423 g/mol. The summed E-state index contributed by atoms with van der Waals surface area (Å²) in [6.07, 6.45) is -5.32. The second-order valence-corrected chi connectivity index (χ2v) is 6.18. The summed E-state index contributed by atoms with van der Waals surface area (Å²) >= 11 is 0. The molecule has 0 bridgehead atoms. The van der Waals surface area contributed by atoms with Crippen molar-refractivity contribution in [3.8, 4) is 11.5 Å². The van der Waals surface area contributed by atoms with Crippen LogP contribution in [0.3, 0.4) is 0 Å². The van der Waals surface area contributed by atoms with Gasteiger partial charge in [0.15, 0.2) is 11.5 Å². The summed E-state index contributed by atoms with van der Waals surface area (Å²) in [5.41, 5.74) is -3.95. The van der Waals surface area contributed by atoms with Crippen molar-refractivity contribution in [3.05, 3.63) is 54.1 Å². The topological polar surface area (TPSA) is 97.0 Å². The third-order valence-electron chi connectivity index (χ3n) is 4.41. The lowest BCUT2D eigenvalue weighted by atomic mass is 10.1. The number of carbonyl (C=O) groups excluding carboxylic acids is 3. The molecule has 8 nitrogen and oxygen atoms in total. The van der Waals surface area contributed by atoms with Gasteiger partial charge in [0.25, 0.3) is 17.5 Å². The lowest BCUT2D eigenvalue weighted by Gasteiger charge is -2.29. The zero-order valence-electron chi connectivity index (χ0n) is 15.7. The molecule has 11 heteroatoms. The fourth-order valence-corrected chi connectivity index (χ4v) is 2.91. The van der Waals surface area contributed by atoms with Crippen LogP contribution >= 0.6 is 0 Å². The summed E-state index contributed by atoms with van der Waals surface area (Å²) in [4.78, 5) is 37.9. The third-order valence-corrected chi connectivity index (χ3v) is 4.41. The second kappa shape index (κ2) is 7.58. The molecule has 1 aliphatic heterocycles. The molecule has 2 N–H and O–H groups in total. The van der Waals surface area contributed by atoms with E-state index in [4.69, 9.17) is 9.47 Å². The maximum absolute atomic E-state index is 13.9. The van der Waals surface area contributed by atoms with Crippen LogP contribution in [-0.4, -0.2) is 43.9 Å². The molecular weight excluding hydrogens is 407 g/mol. The first-order chi connectivity index (χ1) is 14.1. The van der Waals surface area contributed by atoms with Gasteiger partial charge in [-0.1, -0.05) is 18.2 Å². The van der Waals surface area contributed by atoms with Crippen molar-refractivity contribution in [2.24, 2.45) is 0 Å². The van der Waals surface area contributed by atoms with Crippen molar-refractivity contribution < 1.29 is 37.0 Å². The molecule has 0 radical (unpaired) electrons. The van der Waals surface area contributed by atoms with Crippen LogP contribution in [0, 0.1) is 0 Å². The number of urea groups is 1. The largest absolute Gasteiger partial charge is 0.493 e. The summed E-state index contributed by atoms with van der Waals surface area (Å²) in [7, 11) is 2.64. The number of hydrogen-bond acceptors (Lipinski definition) is 5. The highest BCUT2D eigenvalue weighted by molar-refractivity contribution is 6.24. The van der Waals surface area contributed by atoms with Gasteiger partial charge in [-0.05, 0) is 30.3 Å². The number of halogens is 3. The van der Waals surface area contributed by atoms with E-state index in [0.717, 1.165) is 6.07 Å². The average Bonchev–Trinajstić information content (AvgIpc) is 2.98. The highest BCUT2D eigenvalue weighted by Gasteiger charge is 2.69. The molecule has 4 amide bonds. The Balaban J connectivity index is 1.99. The fraction of sp³-hybridized carbons (Fsp3) is 0.211. The number of nitrogens with one attached hydrogen (secondary N) is 2. The molecular formula is C19H16F3N3O5. The SMILES string of the molecule is COc1ccc(C(=O)N[C@]2(C(F)(F)F)NC(=O)N(c3ccccc3)C2=O)cc1OC. The number of rotatable bonds is 5. The average molecular weight is 423 g/mol. The molecule has 0 unspecified atom stereocenters. The Hall–Kier alpha value is -3.76. The van der Waals surface area contributed by atoms with E-state index in [1.807, 2.05) is 0 Å². The van der Waals surface area contributed by atoms with E-state index < -0.39 is 29.7 Å². The molecule has 2 aromatic carbocycles. The van der Waals surface area contributed by atoms with Crippen LogP contribution in [0.15, 0.2) is 48.5 Å². The van der Waals surface area contributed by atoms with Crippen LogP contribution in [0.5, 0.6) is 11.5 Å². The molecule has 3 rings (SSSR count). The van der Waals surface area contributed by atoms with Gasteiger partial charge >= 0.3 is 12.2 Å². The number of nitrogens with zero attached hydrogens (tertiary/aromatic N) is 1. The van der Waals surface area contributed by atoms with Gasteiger partial charge in [-0.2, -0.15) is 13.2 Å². The van der Waals surface area contributed by atoms with Crippen molar-refractivity contribution >= 4 is 23.5 Å². The van der Waals surface area contributed by atoms with Gasteiger partial charge in [-0.3, -0.25) is 14.9 Å². The van der Waals surface area contributed by atoms with E-state index in [0.29, 0.717) is 4.90 Å². The van der Waals surface area contributed by atoms with Crippen LogP contribution in [-0.2, 0) is 4.79 Å². The molecule has 1 atom stereocenters. The maximum atomic E-state index is 13.9. The Bertz CT molecular complexity index is 997. The van der Waals surface area contributed by atoms with Crippen molar-refractivity contribution in [1.82, 2.24) is 10.6 Å². The summed E-state index contributed by atoms with van der Waals surface area (Å²) < 4.78 is 51.9. The Kier molecular flexibility index (Phi) is 5.29. The quantitative estimate of drug-likeness (QED) is 0.721. The number of amides is 4. The minimum absolute atomic E-state index is 0.0773. The smallest absolute Gasteiger partial charge is 0.440 e. The first-order valence-corrected chi connectivity index (χ1v) is 8.47. The van der Waals surface area contributed by atoms with E-state index >= 15 is 0 Å². The molecule has 2 aromatic rings.